The molecule has 8 heavy (non-hydrogen) atoms. The Morgan fingerprint density at radius 1 is 1.12 bits per heavy atom. The third kappa shape index (κ3) is 2.18. The van der Waals surface area contributed by atoms with Crippen molar-refractivity contribution in [2.45, 2.75) is 38.9 Å². The fourth-order valence-electron chi connectivity index (χ4n) is 0. The Morgan fingerprint density at radius 3 is 1.25 bits per heavy atom. The Bertz CT molecular complexity index is 63.5. The van der Waals surface area contributed by atoms with E-state index in [-0.39, 0.29) is 0 Å². The third-order valence-corrected chi connectivity index (χ3v) is 8.14. The van der Waals surface area contributed by atoms with Crippen molar-refractivity contribution in [1.29, 1.82) is 0 Å². The number of hydrogen-bond acceptors (Lipinski definition) is 0. The van der Waals surface area contributed by atoms with Gasteiger partial charge in [0, 0.05) is 0 Å². The molecule has 0 aromatic rings. The van der Waals surface area contributed by atoms with Gasteiger partial charge >= 0.3 is 57.4 Å². The van der Waals surface area contributed by atoms with Gasteiger partial charge in [0.25, 0.3) is 0 Å². The molecule has 0 amide bonds. The zero-order valence-electron chi connectivity index (χ0n) is 6.46. The molecule has 0 saturated carbocycles. The molecule has 0 spiro atoms. The molecule has 0 heterocycles. The van der Waals surface area contributed by atoms with E-state index in [0.29, 0.717) is 5.04 Å². The molecule has 0 nitrogen and oxygen atoms in total. The van der Waals surface area contributed by atoms with Crippen LogP contribution >= 0.6 is 11.1 Å². The van der Waals surface area contributed by atoms with Crippen LogP contribution in [0.1, 0.15) is 20.8 Å². The molecule has 0 aliphatic carbocycles. The van der Waals surface area contributed by atoms with Crippen LogP contribution in [0.2, 0.25) is 18.1 Å². The second-order valence-corrected chi connectivity index (χ2v) is 12.5. The monoisotopic (exact) mass is 151 g/mol. The topological polar surface area (TPSA) is 0 Å². The molecule has 0 radical (unpaired) electrons. The first-order chi connectivity index (χ1) is 3.25. The second kappa shape index (κ2) is 2.03. The van der Waals surface area contributed by atoms with Gasteiger partial charge in [-0.3, -0.25) is 0 Å². The normalized spacial score (nSPS) is 16.2. The summed E-state index contributed by atoms with van der Waals surface area (Å²) in [5.41, 5.74) is 0. The third-order valence-electron chi connectivity index (χ3n) is 2.06. The van der Waals surface area contributed by atoms with Crippen molar-refractivity contribution < 1.29 is 0 Å². The summed E-state index contributed by atoms with van der Waals surface area (Å²) >= 11 is 6.18. The van der Waals surface area contributed by atoms with Crippen molar-refractivity contribution in [3.05, 3.63) is 0 Å². The van der Waals surface area contributed by atoms with Gasteiger partial charge in [0.1, 0.15) is 0 Å². The average molecular weight is 152 g/mol. The van der Waals surface area contributed by atoms with Crippen LogP contribution in [0.5, 0.6) is 0 Å². The Labute approximate surface area is 58.0 Å². The van der Waals surface area contributed by atoms with Crippen molar-refractivity contribution in [2.75, 3.05) is 0 Å². The number of rotatable bonds is 0. The molecule has 0 bridgehead atoms. The molecule has 52 valence electrons. The van der Waals surface area contributed by atoms with Crippen molar-refractivity contribution >= 4 is 18.5 Å². The van der Waals surface area contributed by atoms with E-state index < -0.39 is 7.38 Å². The zero-order valence-corrected chi connectivity index (χ0v) is 8.37. The van der Waals surface area contributed by atoms with Crippen molar-refractivity contribution in [2.24, 2.45) is 0 Å². The Balaban J connectivity index is 4.02. The quantitative estimate of drug-likeness (QED) is 0.369. The molecule has 2 heteroatoms. The van der Waals surface area contributed by atoms with Gasteiger partial charge in [0.15, 0.2) is 0 Å². The second-order valence-electron chi connectivity index (χ2n) is 4.07. The van der Waals surface area contributed by atoms with Gasteiger partial charge in [0.05, 0.1) is 0 Å². The average Bonchev–Trinajstić information content (AvgIpc) is 1.25. The maximum atomic E-state index is 6.18. The van der Waals surface area contributed by atoms with Crippen LogP contribution in [0.25, 0.3) is 0 Å². The van der Waals surface area contributed by atoms with E-state index >= 15 is 0 Å². The number of hydrogen-bond donors (Lipinski definition) is 0. The van der Waals surface area contributed by atoms with E-state index in [1.165, 1.54) is 0 Å². The predicted octanol–water partition coefficient (Wildman–Crippen LogP) is 2.96. The Morgan fingerprint density at radius 2 is 1.25 bits per heavy atom. The number of halogens is 1. The van der Waals surface area contributed by atoms with Crippen molar-refractivity contribution in [1.82, 2.24) is 0 Å². The maximum absolute atomic E-state index is 6.18. The summed E-state index contributed by atoms with van der Waals surface area (Å²) in [5, 5.41) is 0.370. The predicted molar refractivity (Wildman–Crippen MR) is 44.4 cm³/mol. The van der Waals surface area contributed by atoms with Gasteiger partial charge < -0.3 is 0 Å². The fourth-order valence-corrected chi connectivity index (χ4v) is 0. The molecular formula is C6H16ClSi-. The standard InChI is InChI=1S/C6H16ClSi/c1-6(2,3)8(4,5)7/h8H,1-5H3/q-1. The van der Waals surface area contributed by atoms with E-state index in [9.17, 15) is 0 Å². The molecular weight excluding hydrogens is 136 g/mol. The summed E-state index contributed by atoms with van der Waals surface area (Å²) in [6.45, 7) is 11.0. The first-order valence-corrected chi connectivity index (χ1v) is 7.79. The molecule has 0 saturated heterocycles. The van der Waals surface area contributed by atoms with Gasteiger partial charge in [0.2, 0.25) is 0 Å². The first kappa shape index (κ1) is 8.51. The van der Waals surface area contributed by atoms with Gasteiger partial charge in [-0.2, -0.15) is 0 Å². The van der Waals surface area contributed by atoms with Crippen molar-refractivity contribution in [3.63, 3.8) is 0 Å². The van der Waals surface area contributed by atoms with Crippen LogP contribution in [-0.4, -0.2) is 7.38 Å². The molecule has 0 aliphatic heterocycles. The molecule has 0 atom stereocenters. The summed E-state index contributed by atoms with van der Waals surface area (Å²) in [4.78, 5) is 0. The summed E-state index contributed by atoms with van der Waals surface area (Å²) in [5.74, 6) is 0. The molecule has 0 fully saturated rings. The summed E-state index contributed by atoms with van der Waals surface area (Å²) < 4.78 is 0. The van der Waals surface area contributed by atoms with Crippen LogP contribution in [0.3, 0.4) is 0 Å². The van der Waals surface area contributed by atoms with Gasteiger partial charge in [-0.15, -0.1) is 0 Å². The van der Waals surface area contributed by atoms with Gasteiger partial charge in [-0.05, 0) is 0 Å². The van der Waals surface area contributed by atoms with E-state index in [4.69, 9.17) is 11.1 Å². The minimum absolute atomic E-state index is 0.370. The molecule has 0 unspecified atom stereocenters. The van der Waals surface area contributed by atoms with Crippen LogP contribution in [0.15, 0.2) is 0 Å². The summed E-state index contributed by atoms with van der Waals surface area (Å²) in [6.07, 6.45) is 0. The van der Waals surface area contributed by atoms with E-state index in [0.717, 1.165) is 0 Å². The van der Waals surface area contributed by atoms with Crippen LogP contribution in [0, 0.1) is 0 Å². The van der Waals surface area contributed by atoms with Crippen LogP contribution in [-0.2, 0) is 0 Å². The van der Waals surface area contributed by atoms with Gasteiger partial charge in [-0.1, -0.05) is 0 Å². The van der Waals surface area contributed by atoms with E-state index in [2.05, 4.69) is 33.9 Å². The Hall–Kier alpha value is 0.507. The molecule has 0 aliphatic rings. The van der Waals surface area contributed by atoms with Crippen molar-refractivity contribution in [3.8, 4) is 0 Å². The zero-order chi connectivity index (χ0) is 7.00. The van der Waals surface area contributed by atoms with E-state index in [1.807, 2.05) is 0 Å². The molecule has 0 aromatic heterocycles. The van der Waals surface area contributed by atoms with Gasteiger partial charge in [-0.25, -0.2) is 0 Å². The molecule has 0 aromatic carbocycles. The minimum atomic E-state index is -1.65. The SMILES string of the molecule is CC(C)(C)[SiH-](C)(C)Cl. The van der Waals surface area contributed by atoms with E-state index in [1.54, 1.807) is 0 Å². The summed E-state index contributed by atoms with van der Waals surface area (Å²) in [7, 11) is -1.65. The first-order valence-electron chi connectivity index (χ1n) is 3.16. The van der Waals surface area contributed by atoms with Crippen LogP contribution in [0.4, 0.5) is 0 Å². The molecule has 0 rings (SSSR count). The molecule has 0 N–H and O–H groups in total. The fraction of sp³-hybridized carbons (Fsp3) is 1.00. The summed E-state index contributed by atoms with van der Waals surface area (Å²) in [6, 6.07) is 0. The Kier molecular flexibility index (Phi) is 2.16. The van der Waals surface area contributed by atoms with Crippen LogP contribution < -0.4 is 0 Å².